The van der Waals surface area contributed by atoms with E-state index in [2.05, 4.69) is 49.2 Å². The molecule has 2 heterocycles. The second-order valence-electron chi connectivity index (χ2n) is 8.80. The minimum atomic E-state index is -0.495. The molecule has 2 aromatic carbocycles. The SMILES string of the molecule is COC(=O)CNC(=O)CN(Cc1cccc2ccccc12)CC1CCCN1C(=O)Cc1cnc[nH]1. The average Bonchev–Trinajstić information content (AvgIpc) is 3.55. The third-order valence-electron chi connectivity index (χ3n) is 6.36. The van der Waals surface area contributed by atoms with Crippen molar-refractivity contribution in [1.82, 2.24) is 25.1 Å². The lowest BCUT2D eigenvalue weighted by Gasteiger charge is -2.31. The first kappa shape index (κ1) is 24.4. The Hall–Kier alpha value is -3.72. The van der Waals surface area contributed by atoms with Crippen molar-refractivity contribution in [2.45, 2.75) is 31.8 Å². The largest absolute Gasteiger partial charge is 0.468 e. The Balaban J connectivity index is 1.49. The molecular formula is C26H31N5O4. The Morgan fingerprint density at radius 1 is 1.20 bits per heavy atom. The minimum Gasteiger partial charge on any atom is -0.468 e. The van der Waals surface area contributed by atoms with Crippen molar-refractivity contribution in [1.29, 1.82) is 0 Å². The van der Waals surface area contributed by atoms with E-state index in [1.54, 1.807) is 12.5 Å². The van der Waals surface area contributed by atoms with E-state index < -0.39 is 5.97 Å². The van der Waals surface area contributed by atoms with Crippen LogP contribution in [0.25, 0.3) is 10.8 Å². The average molecular weight is 478 g/mol. The second kappa shape index (κ2) is 11.6. The van der Waals surface area contributed by atoms with Crippen molar-refractivity contribution in [3.05, 3.63) is 66.2 Å². The Bertz CT molecular complexity index is 1160. The normalized spacial score (nSPS) is 15.5. The molecule has 3 aromatic rings. The molecule has 184 valence electrons. The summed E-state index contributed by atoms with van der Waals surface area (Å²) in [6, 6.07) is 14.3. The number of nitrogens with zero attached hydrogens (tertiary/aromatic N) is 3. The molecule has 1 fully saturated rings. The standard InChI is InChI=1S/C26H31N5O4/c1-35-26(34)14-28-24(32)17-30(15-20-8-4-7-19-6-2-3-10-23(19)20)16-22-9-5-11-31(22)25(33)12-21-13-27-18-29-21/h2-4,6-8,10,13,18,22H,5,9,11-12,14-17H2,1H3,(H,27,29)(H,28,32). The summed E-state index contributed by atoms with van der Waals surface area (Å²) in [5, 5.41) is 4.90. The zero-order valence-electron chi connectivity index (χ0n) is 19.9. The van der Waals surface area contributed by atoms with Crippen LogP contribution < -0.4 is 5.32 Å². The van der Waals surface area contributed by atoms with E-state index in [1.807, 2.05) is 23.1 Å². The highest BCUT2D eigenvalue weighted by Crippen LogP contribution is 2.23. The topological polar surface area (TPSA) is 108 Å². The smallest absolute Gasteiger partial charge is 0.325 e. The summed E-state index contributed by atoms with van der Waals surface area (Å²) in [5.41, 5.74) is 1.90. The minimum absolute atomic E-state index is 0.00815. The maximum absolute atomic E-state index is 13.0. The third-order valence-corrected chi connectivity index (χ3v) is 6.36. The molecule has 2 N–H and O–H groups in total. The summed E-state index contributed by atoms with van der Waals surface area (Å²) in [7, 11) is 1.29. The highest BCUT2D eigenvalue weighted by atomic mass is 16.5. The van der Waals surface area contributed by atoms with Gasteiger partial charge < -0.3 is 19.9 Å². The number of ether oxygens (including phenoxy) is 1. The number of H-pyrrole nitrogens is 1. The molecule has 35 heavy (non-hydrogen) atoms. The monoisotopic (exact) mass is 477 g/mol. The Morgan fingerprint density at radius 3 is 2.83 bits per heavy atom. The lowest BCUT2D eigenvalue weighted by atomic mass is 10.0. The summed E-state index contributed by atoms with van der Waals surface area (Å²) in [5.74, 6) is -0.703. The van der Waals surface area contributed by atoms with Crippen molar-refractivity contribution in [3.63, 3.8) is 0 Å². The molecule has 0 saturated carbocycles. The van der Waals surface area contributed by atoms with Crippen LogP contribution in [0, 0.1) is 0 Å². The fraction of sp³-hybridized carbons (Fsp3) is 0.385. The van der Waals surface area contributed by atoms with Gasteiger partial charge in [-0.2, -0.15) is 0 Å². The van der Waals surface area contributed by atoms with Crippen molar-refractivity contribution in [2.75, 3.05) is 33.3 Å². The van der Waals surface area contributed by atoms with Crippen LogP contribution in [0.15, 0.2) is 55.0 Å². The highest BCUT2D eigenvalue weighted by Gasteiger charge is 2.31. The summed E-state index contributed by atoms with van der Waals surface area (Å²) in [6.45, 7) is 1.75. The number of hydrogen-bond donors (Lipinski definition) is 2. The lowest BCUT2D eigenvalue weighted by molar-refractivity contribution is -0.141. The van der Waals surface area contributed by atoms with E-state index >= 15 is 0 Å². The van der Waals surface area contributed by atoms with Gasteiger partial charge in [-0.15, -0.1) is 0 Å². The Morgan fingerprint density at radius 2 is 2.03 bits per heavy atom. The van der Waals surface area contributed by atoms with Gasteiger partial charge in [0.1, 0.15) is 6.54 Å². The number of hydrogen-bond acceptors (Lipinski definition) is 6. The van der Waals surface area contributed by atoms with Crippen LogP contribution in [0.5, 0.6) is 0 Å². The lowest BCUT2D eigenvalue weighted by Crippen LogP contribution is -2.46. The van der Waals surface area contributed by atoms with Crippen LogP contribution in [0.4, 0.5) is 0 Å². The number of esters is 1. The summed E-state index contributed by atoms with van der Waals surface area (Å²) < 4.78 is 4.62. The first-order chi connectivity index (χ1) is 17.0. The number of aromatic amines is 1. The number of amides is 2. The van der Waals surface area contributed by atoms with Crippen LogP contribution in [-0.4, -0.2) is 76.9 Å². The van der Waals surface area contributed by atoms with Crippen LogP contribution in [-0.2, 0) is 32.1 Å². The van der Waals surface area contributed by atoms with Gasteiger partial charge in [0.05, 0.1) is 26.4 Å². The molecule has 2 amide bonds. The molecule has 4 rings (SSSR count). The number of carbonyl (C=O) groups excluding carboxylic acids is 3. The van der Waals surface area contributed by atoms with Crippen molar-refractivity contribution in [3.8, 4) is 0 Å². The maximum Gasteiger partial charge on any atom is 0.325 e. The molecule has 0 bridgehead atoms. The molecular weight excluding hydrogens is 446 g/mol. The van der Waals surface area contributed by atoms with Crippen molar-refractivity contribution >= 4 is 28.6 Å². The number of rotatable bonds is 10. The molecule has 1 atom stereocenters. The molecule has 1 aliphatic heterocycles. The van der Waals surface area contributed by atoms with Gasteiger partial charge in [-0.25, -0.2) is 4.98 Å². The number of benzene rings is 2. The quantitative estimate of drug-likeness (QED) is 0.432. The fourth-order valence-electron chi connectivity index (χ4n) is 4.66. The molecule has 1 unspecified atom stereocenters. The molecule has 0 aliphatic carbocycles. The van der Waals surface area contributed by atoms with Crippen molar-refractivity contribution < 1.29 is 19.1 Å². The summed E-state index contributed by atoms with van der Waals surface area (Å²) in [6.07, 6.45) is 5.32. The molecule has 1 aliphatic rings. The number of likely N-dealkylation sites (tertiary alicyclic amines) is 1. The predicted molar refractivity (Wildman–Crippen MR) is 131 cm³/mol. The summed E-state index contributed by atoms with van der Waals surface area (Å²) in [4.78, 5) is 48.1. The Kier molecular flexibility index (Phi) is 8.10. The first-order valence-electron chi connectivity index (χ1n) is 11.8. The van der Waals surface area contributed by atoms with Gasteiger partial charge in [-0.1, -0.05) is 42.5 Å². The molecule has 0 radical (unpaired) electrons. The Labute approximate surface area is 204 Å². The van der Waals surface area contributed by atoms with Gasteiger partial charge >= 0.3 is 5.97 Å². The number of methoxy groups -OCH3 is 1. The molecule has 9 nitrogen and oxygen atoms in total. The van der Waals surface area contributed by atoms with Gasteiger partial charge in [0, 0.05) is 37.6 Å². The second-order valence-corrected chi connectivity index (χ2v) is 8.80. The van der Waals surface area contributed by atoms with Crippen LogP contribution >= 0.6 is 0 Å². The fourth-order valence-corrected chi connectivity index (χ4v) is 4.66. The van der Waals surface area contributed by atoms with Gasteiger partial charge in [0.2, 0.25) is 11.8 Å². The highest BCUT2D eigenvalue weighted by molar-refractivity contribution is 5.86. The zero-order chi connectivity index (χ0) is 24.6. The molecule has 9 heteroatoms. The van der Waals surface area contributed by atoms with E-state index in [0.717, 1.165) is 34.9 Å². The van der Waals surface area contributed by atoms with Crippen LogP contribution in [0.1, 0.15) is 24.1 Å². The van der Waals surface area contributed by atoms with E-state index in [9.17, 15) is 14.4 Å². The first-order valence-corrected chi connectivity index (χ1v) is 11.8. The van der Waals surface area contributed by atoms with Gasteiger partial charge in [-0.3, -0.25) is 19.3 Å². The molecule has 1 saturated heterocycles. The number of fused-ring (bicyclic) bond motifs is 1. The van der Waals surface area contributed by atoms with E-state index in [0.29, 0.717) is 19.6 Å². The number of carbonyl (C=O) groups is 3. The summed E-state index contributed by atoms with van der Waals surface area (Å²) >= 11 is 0. The maximum atomic E-state index is 13.0. The molecule has 1 aromatic heterocycles. The number of imidazole rings is 1. The number of aromatic nitrogens is 2. The predicted octanol–water partition coefficient (Wildman–Crippen LogP) is 1.89. The van der Waals surface area contributed by atoms with Gasteiger partial charge in [0.15, 0.2) is 0 Å². The van der Waals surface area contributed by atoms with Crippen molar-refractivity contribution in [2.24, 2.45) is 0 Å². The zero-order valence-corrected chi connectivity index (χ0v) is 19.9. The third kappa shape index (κ3) is 6.45. The molecule has 0 spiro atoms. The van der Waals surface area contributed by atoms with E-state index in [4.69, 9.17) is 0 Å². The van der Waals surface area contributed by atoms with Gasteiger partial charge in [-0.05, 0) is 29.2 Å². The van der Waals surface area contributed by atoms with Crippen LogP contribution in [0.2, 0.25) is 0 Å². The van der Waals surface area contributed by atoms with E-state index in [1.165, 1.54) is 7.11 Å². The van der Waals surface area contributed by atoms with Crippen LogP contribution in [0.3, 0.4) is 0 Å². The van der Waals surface area contributed by atoms with E-state index in [-0.39, 0.29) is 37.4 Å². The van der Waals surface area contributed by atoms with Gasteiger partial charge in [0.25, 0.3) is 0 Å². The number of nitrogens with one attached hydrogen (secondary N) is 2.